The van der Waals surface area contributed by atoms with Crippen molar-refractivity contribution in [3.05, 3.63) is 29.8 Å². The number of unbranched alkanes of at least 4 members (excludes halogenated alkanes) is 3. The summed E-state index contributed by atoms with van der Waals surface area (Å²) in [5.74, 6) is 0.0499. The largest absolute Gasteiger partial charge is 0.385 e. The Labute approximate surface area is 115 Å². The molecule has 1 aliphatic rings. The van der Waals surface area contributed by atoms with Gasteiger partial charge in [0.05, 0.1) is 16.2 Å². The van der Waals surface area contributed by atoms with Gasteiger partial charge in [0.2, 0.25) is 0 Å². The highest BCUT2D eigenvalue weighted by atomic mass is 32.2. The van der Waals surface area contributed by atoms with Crippen molar-refractivity contribution in [1.82, 2.24) is 0 Å². The van der Waals surface area contributed by atoms with E-state index in [-0.39, 0.29) is 5.75 Å². The van der Waals surface area contributed by atoms with Gasteiger partial charge in [-0.05, 0) is 18.9 Å². The molecule has 1 aromatic carbocycles. The van der Waals surface area contributed by atoms with Crippen molar-refractivity contribution in [2.45, 2.75) is 55.9 Å². The van der Waals surface area contributed by atoms with E-state index in [2.05, 4.69) is 6.92 Å². The third-order valence-electron chi connectivity index (χ3n) is 3.95. The zero-order chi connectivity index (χ0) is 13.9. The highest BCUT2D eigenvalue weighted by Crippen LogP contribution is 2.40. The van der Waals surface area contributed by atoms with Crippen LogP contribution in [0.3, 0.4) is 0 Å². The lowest BCUT2D eigenvalue weighted by molar-refractivity contribution is 0.0164. The van der Waals surface area contributed by atoms with E-state index in [4.69, 9.17) is 0 Å². The Balaban J connectivity index is 2.24. The Morgan fingerprint density at radius 2 is 1.95 bits per heavy atom. The minimum absolute atomic E-state index is 0.0499. The molecule has 0 fully saturated rings. The molecule has 0 spiro atoms. The van der Waals surface area contributed by atoms with E-state index in [0.717, 1.165) is 25.7 Å². The van der Waals surface area contributed by atoms with Crippen molar-refractivity contribution in [1.29, 1.82) is 0 Å². The summed E-state index contributed by atoms with van der Waals surface area (Å²) in [6.45, 7) is 2.15. The maximum absolute atomic E-state index is 12.0. The normalized spacial score (nSPS) is 24.9. The van der Waals surface area contributed by atoms with Crippen molar-refractivity contribution in [2.24, 2.45) is 0 Å². The summed E-state index contributed by atoms with van der Waals surface area (Å²) in [6, 6.07) is 6.89. The van der Waals surface area contributed by atoms with Gasteiger partial charge < -0.3 is 5.11 Å². The van der Waals surface area contributed by atoms with E-state index in [1.54, 1.807) is 24.3 Å². The average Bonchev–Trinajstić information content (AvgIpc) is 2.41. The highest BCUT2D eigenvalue weighted by Gasteiger charge is 2.39. The van der Waals surface area contributed by atoms with Gasteiger partial charge in [-0.15, -0.1) is 0 Å². The maximum atomic E-state index is 12.0. The van der Waals surface area contributed by atoms with Crippen LogP contribution in [0.5, 0.6) is 0 Å². The molecule has 0 aromatic heterocycles. The minimum Gasteiger partial charge on any atom is -0.385 e. The van der Waals surface area contributed by atoms with Crippen LogP contribution in [-0.2, 0) is 15.4 Å². The monoisotopic (exact) mass is 282 g/mol. The third-order valence-corrected chi connectivity index (χ3v) is 5.72. The maximum Gasteiger partial charge on any atom is 0.178 e. The molecule has 1 heterocycles. The Morgan fingerprint density at radius 3 is 2.68 bits per heavy atom. The molecule has 0 saturated heterocycles. The first-order valence-electron chi connectivity index (χ1n) is 7.04. The van der Waals surface area contributed by atoms with Gasteiger partial charge in [-0.1, -0.05) is 50.8 Å². The first-order valence-corrected chi connectivity index (χ1v) is 8.69. The second-order valence-electron chi connectivity index (χ2n) is 5.41. The summed E-state index contributed by atoms with van der Waals surface area (Å²) < 4.78 is 24.1. The number of rotatable bonds is 5. The van der Waals surface area contributed by atoms with E-state index in [1.165, 1.54) is 0 Å². The van der Waals surface area contributed by atoms with Gasteiger partial charge in [0.1, 0.15) is 0 Å². The van der Waals surface area contributed by atoms with Crippen LogP contribution < -0.4 is 0 Å². The second-order valence-corrected chi connectivity index (χ2v) is 7.48. The molecule has 1 aromatic rings. The molecule has 1 aliphatic heterocycles. The van der Waals surface area contributed by atoms with E-state index < -0.39 is 15.4 Å². The molecule has 1 atom stereocenters. The van der Waals surface area contributed by atoms with Crippen molar-refractivity contribution >= 4 is 9.84 Å². The molecule has 0 aliphatic carbocycles. The summed E-state index contributed by atoms with van der Waals surface area (Å²) in [7, 11) is -3.21. The molecule has 0 saturated carbocycles. The van der Waals surface area contributed by atoms with E-state index >= 15 is 0 Å². The SMILES string of the molecule is CCCCCCC1(O)CCS(=O)(=O)c2ccccc21. The molecule has 3 nitrogen and oxygen atoms in total. The smallest absolute Gasteiger partial charge is 0.178 e. The molecule has 0 amide bonds. The fourth-order valence-corrected chi connectivity index (χ4v) is 4.48. The Kier molecular flexibility index (Phi) is 4.31. The quantitative estimate of drug-likeness (QED) is 0.845. The molecule has 106 valence electrons. The van der Waals surface area contributed by atoms with Crippen molar-refractivity contribution in [3.63, 3.8) is 0 Å². The summed E-state index contributed by atoms with van der Waals surface area (Å²) in [5.41, 5.74) is -0.368. The van der Waals surface area contributed by atoms with Gasteiger partial charge >= 0.3 is 0 Å². The van der Waals surface area contributed by atoms with E-state index in [9.17, 15) is 13.5 Å². The standard InChI is InChI=1S/C15H22O3S/c1-2-3-4-7-10-15(16)11-12-19(17,18)14-9-6-5-8-13(14)15/h5-6,8-9,16H,2-4,7,10-12H2,1H3. The number of fused-ring (bicyclic) bond motifs is 1. The lowest BCUT2D eigenvalue weighted by Gasteiger charge is -2.34. The van der Waals surface area contributed by atoms with Gasteiger partial charge in [0, 0.05) is 5.56 Å². The number of benzene rings is 1. The zero-order valence-electron chi connectivity index (χ0n) is 11.4. The second kappa shape index (κ2) is 5.63. The Bertz CT molecular complexity index is 536. The molecular formula is C15H22O3S. The Morgan fingerprint density at radius 1 is 1.21 bits per heavy atom. The van der Waals surface area contributed by atoms with Gasteiger partial charge in [-0.2, -0.15) is 0 Å². The highest BCUT2D eigenvalue weighted by molar-refractivity contribution is 7.91. The van der Waals surface area contributed by atoms with Crippen LogP contribution in [0.4, 0.5) is 0 Å². The van der Waals surface area contributed by atoms with Crippen LogP contribution in [-0.4, -0.2) is 19.3 Å². The lowest BCUT2D eigenvalue weighted by Crippen LogP contribution is -2.35. The number of hydrogen-bond acceptors (Lipinski definition) is 3. The van der Waals surface area contributed by atoms with Crippen LogP contribution in [0.1, 0.15) is 51.0 Å². The van der Waals surface area contributed by atoms with E-state index in [1.807, 2.05) is 0 Å². The topological polar surface area (TPSA) is 54.4 Å². The third kappa shape index (κ3) is 3.00. The summed E-state index contributed by atoms with van der Waals surface area (Å²) in [5, 5.41) is 10.8. The molecule has 0 bridgehead atoms. The van der Waals surface area contributed by atoms with Crippen LogP contribution in [0, 0.1) is 0 Å². The summed E-state index contributed by atoms with van der Waals surface area (Å²) >= 11 is 0. The Hall–Kier alpha value is -0.870. The number of sulfone groups is 1. The van der Waals surface area contributed by atoms with Gasteiger partial charge in [-0.25, -0.2) is 8.42 Å². The first-order chi connectivity index (χ1) is 8.99. The summed E-state index contributed by atoms with van der Waals surface area (Å²) in [6.07, 6.45) is 5.32. The fraction of sp³-hybridized carbons (Fsp3) is 0.600. The number of aliphatic hydroxyl groups is 1. The van der Waals surface area contributed by atoms with Crippen molar-refractivity contribution < 1.29 is 13.5 Å². The molecule has 1 unspecified atom stereocenters. The first kappa shape index (κ1) is 14.5. The van der Waals surface area contributed by atoms with Crippen LogP contribution in [0.15, 0.2) is 29.2 Å². The van der Waals surface area contributed by atoms with Crippen LogP contribution in [0.2, 0.25) is 0 Å². The van der Waals surface area contributed by atoms with Gasteiger partial charge in [0.15, 0.2) is 9.84 Å². The minimum atomic E-state index is -3.21. The fourth-order valence-electron chi connectivity index (χ4n) is 2.77. The predicted octanol–water partition coefficient (Wildman–Crippen LogP) is 3.02. The zero-order valence-corrected chi connectivity index (χ0v) is 12.2. The molecular weight excluding hydrogens is 260 g/mol. The molecule has 1 N–H and O–H groups in total. The number of hydrogen-bond donors (Lipinski definition) is 1. The molecule has 19 heavy (non-hydrogen) atoms. The van der Waals surface area contributed by atoms with Crippen molar-refractivity contribution in [3.8, 4) is 0 Å². The van der Waals surface area contributed by atoms with E-state index in [0.29, 0.717) is 23.3 Å². The van der Waals surface area contributed by atoms with Crippen molar-refractivity contribution in [2.75, 3.05) is 5.75 Å². The molecule has 0 radical (unpaired) electrons. The van der Waals surface area contributed by atoms with Crippen LogP contribution >= 0.6 is 0 Å². The van der Waals surface area contributed by atoms with Gasteiger partial charge in [-0.3, -0.25) is 0 Å². The summed E-state index contributed by atoms with van der Waals surface area (Å²) in [4.78, 5) is 0.319. The average molecular weight is 282 g/mol. The molecule has 2 rings (SSSR count). The lowest BCUT2D eigenvalue weighted by atomic mass is 9.85. The molecule has 4 heteroatoms. The van der Waals surface area contributed by atoms with Crippen LogP contribution in [0.25, 0.3) is 0 Å². The predicted molar refractivity (Wildman–Crippen MR) is 75.8 cm³/mol. The van der Waals surface area contributed by atoms with Gasteiger partial charge in [0.25, 0.3) is 0 Å².